The Morgan fingerprint density at radius 3 is 3.22 bits per heavy atom. The molecule has 0 saturated carbocycles. The smallest absolute Gasteiger partial charge is 0.225 e. The van der Waals surface area contributed by atoms with E-state index in [-0.39, 0.29) is 23.8 Å². The van der Waals surface area contributed by atoms with E-state index in [1.165, 1.54) is 0 Å². The monoisotopic (exact) mass is 247 g/mol. The third-order valence-corrected chi connectivity index (χ3v) is 3.84. The summed E-state index contributed by atoms with van der Waals surface area (Å²) < 4.78 is 0. The summed E-state index contributed by atoms with van der Waals surface area (Å²) in [4.78, 5) is 22.3. The number of hydrogen-bond donors (Lipinski definition) is 2. The molecule has 96 valence electrons. The van der Waals surface area contributed by atoms with E-state index in [1.807, 2.05) is 6.92 Å². The Morgan fingerprint density at radius 2 is 2.39 bits per heavy atom. The van der Waals surface area contributed by atoms with Crippen molar-refractivity contribution < 1.29 is 4.79 Å². The van der Waals surface area contributed by atoms with E-state index in [1.54, 1.807) is 6.20 Å². The van der Waals surface area contributed by atoms with Gasteiger partial charge in [-0.15, -0.1) is 0 Å². The van der Waals surface area contributed by atoms with Gasteiger partial charge in [0.1, 0.15) is 5.82 Å². The number of nitrogens with zero attached hydrogens (tertiary/aromatic N) is 3. The van der Waals surface area contributed by atoms with Crippen molar-refractivity contribution in [1.29, 1.82) is 0 Å². The number of aromatic nitrogens is 2. The molecule has 1 aromatic heterocycles. The van der Waals surface area contributed by atoms with Gasteiger partial charge in [-0.1, -0.05) is 0 Å². The molecule has 0 bridgehead atoms. The fraction of sp³-hybridized carbons (Fsp3) is 0.583. The Bertz CT molecular complexity index is 489. The number of aryl methyl sites for hydroxylation is 1. The number of piperidine rings is 1. The molecule has 1 aromatic rings. The van der Waals surface area contributed by atoms with Crippen LogP contribution in [0.3, 0.4) is 0 Å². The highest BCUT2D eigenvalue weighted by Gasteiger charge is 2.41. The molecule has 2 unspecified atom stereocenters. The van der Waals surface area contributed by atoms with Crippen LogP contribution in [0.1, 0.15) is 18.4 Å². The molecule has 3 heterocycles. The van der Waals surface area contributed by atoms with Crippen LogP contribution < -0.4 is 16.0 Å². The van der Waals surface area contributed by atoms with Crippen molar-refractivity contribution in [2.24, 2.45) is 5.92 Å². The first-order valence-electron chi connectivity index (χ1n) is 6.30. The van der Waals surface area contributed by atoms with Crippen LogP contribution in [0.25, 0.3) is 0 Å². The van der Waals surface area contributed by atoms with Gasteiger partial charge in [0, 0.05) is 24.8 Å². The molecule has 2 fully saturated rings. The molecule has 0 aliphatic carbocycles. The predicted molar refractivity (Wildman–Crippen MR) is 68.0 cm³/mol. The number of carbonyl (C=O) groups is 1. The summed E-state index contributed by atoms with van der Waals surface area (Å²) in [5.41, 5.74) is 6.67. The summed E-state index contributed by atoms with van der Waals surface area (Å²) in [6.45, 7) is 3.60. The SMILES string of the molecule is Cc1cnc(N)nc1N1CCCC2C(=O)NCC21. The van der Waals surface area contributed by atoms with Crippen LogP contribution in [0.4, 0.5) is 11.8 Å². The van der Waals surface area contributed by atoms with Crippen molar-refractivity contribution in [3.8, 4) is 0 Å². The number of carbonyl (C=O) groups excluding carboxylic acids is 1. The van der Waals surface area contributed by atoms with Crippen molar-refractivity contribution in [3.05, 3.63) is 11.8 Å². The normalized spacial score (nSPS) is 26.9. The zero-order valence-corrected chi connectivity index (χ0v) is 10.4. The van der Waals surface area contributed by atoms with Gasteiger partial charge in [0.2, 0.25) is 11.9 Å². The van der Waals surface area contributed by atoms with E-state index < -0.39 is 0 Å². The third kappa shape index (κ3) is 1.68. The second-order valence-electron chi connectivity index (χ2n) is 4.99. The molecule has 2 aliphatic rings. The van der Waals surface area contributed by atoms with Gasteiger partial charge in [0.05, 0.1) is 12.0 Å². The Kier molecular flexibility index (Phi) is 2.57. The first kappa shape index (κ1) is 11.3. The number of hydrogen-bond acceptors (Lipinski definition) is 5. The highest BCUT2D eigenvalue weighted by molar-refractivity contribution is 5.83. The molecule has 0 spiro atoms. The number of amides is 1. The predicted octanol–water partition coefficient (Wildman–Crippen LogP) is 0.0820. The van der Waals surface area contributed by atoms with E-state index in [9.17, 15) is 4.79 Å². The standard InChI is InChI=1S/C12H17N5O/c1-7-5-15-12(13)16-10(7)17-4-2-3-8-9(17)6-14-11(8)18/h5,8-9H,2-4,6H2,1H3,(H,14,18)(H2,13,15,16). The van der Waals surface area contributed by atoms with E-state index in [4.69, 9.17) is 5.73 Å². The van der Waals surface area contributed by atoms with E-state index in [2.05, 4.69) is 20.2 Å². The quantitative estimate of drug-likeness (QED) is 0.734. The molecule has 6 heteroatoms. The molecule has 0 radical (unpaired) electrons. The summed E-state index contributed by atoms with van der Waals surface area (Å²) in [6, 6.07) is 0.208. The number of fused-ring (bicyclic) bond motifs is 1. The van der Waals surface area contributed by atoms with Crippen LogP contribution in [-0.2, 0) is 4.79 Å². The molecule has 2 atom stereocenters. The highest BCUT2D eigenvalue weighted by atomic mass is 16.2. The second kappa shape index (κ2) is 4.12. The molecule has 0 aromatic carbocycles. The molecule has 2 saturated heterocycles. The molecular formula is C12H17N5O. The van der Waals surface area contributed by atoms with Gasteiger partial charge in [0.15, 0.2) is 0 Å². The van der Waals surface area contributed by atoms with Crippen molar-refractivity contribution >= 4 is 17.7 Å². The van der Waals surface area contributed by atoms with E-state index in [0.717, 1.165) is 30.8 Å². The van der Waals surface area contributed by atoms with Crippen LogP contribution >= 0.6 is 0 Å². The topological polar surface area (TPSA) is 84.1 Å². The average molecular weight is 247 g/mol. The lowest BCUT2D eigenvalue weighted by Gasteiger charge is -2.37. The van der Waals surface area contributed by atoms with Crippen LogP contribution in [-0.4, -0.2) is 35.0 Å². The number of anilines is 2. The van der Waals surface area contributed by atoms with Gasteiger partial charge in [-0.25, -0.2) is 4.98 Å². The van der Waals surface area contributed by atoms with Crippen LogP contribution in [0, 0.1) is 12.8 Å². The third-order valence-electron chi connectivity index (χ3n) is 3.84. The van der Waals surface area contributed by atoms with Gasteiger partial charge in [-0.3, -0.25) is 4.79 Å². The zero-order valence-electron chi connectivity index (χ0n) is 10.4. The highest BCUT2D eigenvalue weighted by Crippen LogP contribution is 2.32. The Balaban J connectivity index is 1.95. The summed E-state index contributed by atoms with van der Waals surface area (Å²) in [6.07, 6.45) is 3.72. The molecule has 18 heavy (non-hydrogen) atoms. The number of nitrogen functional groups attached to an aromatic ring is 1. The Labute approximate surface area is 106 Å². The number of nitrogens with one attached hydrogen (secondary N) is 1. The van der Waals surface area contributed by atoms with Gasteiger partial charge in [-0.05, 0) is 19.8 Å². The second-order valence-corrected chi connectivity index (χ2v) is 4.99. The van der Waals surface area contributed by atoms with Gasteiger partial charge in [-0.2, -0.15) is 4.98 Å². The van der Waals surface area contributed by atoms with E-state index >= 15 is 0 Å². The fourth-order valence-electron chi connectivity index (χ4n) is 2.95. The summed E-state index contributed by atoms with van der Waals surface area (Å²) in [5, 5.41) is 2.94. The maximum absolute atomic E-state index is 11.7. The van der Waals surface area contributed by atoms with Crippen LogP contribution in [0.5, 0.6) is 0 Å². The van der Waals surface area contributed by atoms with Gasteiger partial charge < -0.3 is 16.0 Å². The first-order chi connectivity index (χ1) is 8.66. The molecular weight excluding hydrogens is 230 g/mol. The first-order valence-corrected chi connectivity index (χ1v) is 6.30. The Morgan fingerprint density at radius 1 is 1.56 bits per heavy atom. The molecule has 1 amide bonds. The van der Waals surface area contributed by atoms with Crippen LogP contribution in [0.15, 0.2) is 6.20 Å². The molecule has 3 N–H and O–H groups in total. The summed E-state index contributed by atoms with van der Waals surface area (Å²) in [5.74, 6) is 1.42. The minimum atomic E-state index is 0.0920. The van der Waals surface area contributed by atoms with Crippen molar-refractivity contribution in [1.82, 2.24) is 15.3 Å². The summed E-state index contributed by atoms with van der Waals surface area (Å²) in [7, 11) is 0. The lowest BCUT2D eigenvalue weighted by atomic mass is 9.91. The van der Waals surface area contributed by atoms with Crippen molar-refractivity contribution in [2.45, 2.75) is 25.8 Å². The minimum Gasteiger partial charge on any atom is -0.368 e. The number of rotatable bonds is 1. The molecule has 6 nitrogen and oxygen atoms in total. The van der Waals surface area contributed by atoms with Gasteiger partial charge in [0.25, 0.3) is 0 Å². The Hall–Kier alpha value is -1.85. The maximum atomic E-state index is 11.7. The fourth-order valence-corrected chi connectivity index (χ4v) is 2.95. The number of nitrogens with two attached hydrogens (primary N) is 1. The van der Waals surface area contributed by atoms with E-state index in [0.29, 0.717) is 6.54 Å². The molecule has 3 rings (SSSR count). The van der Waals surface area contributed by atoms with Crippen LogP contribution in [0.2, 0.25) is 0 Å². The largest absolute Gasteiger partial charge is 0.368 e. The molecule has 2 aliphatic heterocycles. The average Bonchev–Trinajstić information content (AvgIpc) is 2.75. The maximum Gasteiger partial charge on any atom is 0.225 e. The lowest BCUT2D eigenvalue weighted by Crippen LogP contribution is -2.46. The zero-order chi connectivity index (χ0) is 12.7. The van der Waals surface area contributed by atoms with Gasteiger partial charge >= 0.3 is 0 Å². The summed E-state index contributed by atoms with van der Waals surface area (Å²) >= 11 is 0. The van der Waals surface area contributed by atoms with Crippen molar-refractivity contribution in [2.75, 3.05) is 23.7 Å². The lowest BCUT2D eigenvalue weighted by molar-refractivity contribution is -0.122. The van der Waals surface area contributed by atoms with Crippen molar-refractivity contribution in [3.63, 3.8) is 0 Å². The minimum absolute atomic E-state index is 0.0920.